The van der Waals surface area contributed by atoms with Crippen LogP contribution >= 0.6 is 0 Å². The van der Waals surface area contributed by atoms with E-state index in [-0.39, 0.29) is 21.9 Å². The fourth-order valence-electron chi connectivity index (χ4n) is 3.17. The molecule has 0 saturated carbocycles. The molecule has 7 heteroatoms. The quantitative estimate of drug-likeness (QED) is 0.745. The first-order valence-electron chi connectivity index (χ1n) is 9.17. The maximum atomic E-state index is 13.1. The fraction of sp³-hybridized carbons (Fsp3) is 0.429. The van der Waals surface area contributed by atoms with Gasteiger partial charge >= 0.3 is 0 Å². The normalized spacial score (nSPS) is 11.7. The molecule has 0 spiro atoms. The number of aromatic nitrogens is 2. The Kier molecular flexibility index (Phi) is 6.18. The third-order valence-electron chi connectivity index (χ3n) is 4.83. The van der Waals surface area contributed by atoms with E-state index in [0.717, 1.165) is 17.4 Å². The van der Waals surface area contributed by atoms with E-state index in [0.29, 0.717) is 23.2 Å². The minimum Gasteiger partial charge on any atom is -0.302 e. The van der Waals surface area contributed by atoms with Crippen molar-refractivity contribution in [1.29, 1.82) is 0 Å². The van der Waals surface area contributed by atoms with Crippen LogP contribution in [0.4, 0.5) is 0 Å². The second-order valence-electron chi connectivity index (χ2n) is 7.83. The minimum absolute atomic E-state index is 0.0525. The molecule has 0 amide bonds. The maximum Gasteiger partial charge on any atom is 0.277 e. The topological polar surface area (TPSA) is 89.0 Å². The molecule has 0 radical (unpaired) electrons. The standard InChI is InChI=1S/C21H28N2O4S/c1-12(2)11-23-21(25)17(10-22-23)20(24)16-8-9-18(28(7,26)27)19(15(16)6)14(5)13(3)4/h8-10,12,22H,11H2,1-7H3. The number of sulfone groups is 1. The Morgan fingerprint density at radius 1 is 1.14 bits per heavy atom. The van der Waals surface area contributed by atoms with E-state index in [9.17, 15) is 18.0 Å². The Hall–Kier alpha value is -2.41. The highest BCUT2D eigenvalue weighted by Gasteiger charge is 2.24. The van der Waals surface area contributed by atoms with Gasteiger partial charge in [-0.1, -0.05) is 19.4 Å². The van der Waals surface area contributed by atoms with E-state index in [1.54, 1.807) is 6.92 Å². The van der Waals surface area contributed by atoms with Gasteiger partial charge < -0.3 is 5.10 Å². The van der Waals surface area contributed by atoms with Crippen molar-refractivity contribution in [3.63, 3.8) is 0 Å². The van der Waals surface area contributed by atoms with Crippen molar-refractivity contribution in [3.8, 4) is 0 Å². The number of ketones is 1. The predicted molar refractivity (Wildman–Crippen MR) is 112 cm³/mol. The van der Waals surface area contributed by atoms with Crippen LogP contribution in [0.2, 0.25) is 0 Å². The zero-order valence-electron chi connectivity index (χ0n) is 17.5. The summed E-state index contributed by atoms with van der Waals surface area (Å²) in [6.07, 6.45) is 2.58. The maximum absolute atomic E-state index is 13.1. The lowest BCUT2D eigenvalue weighted by atomic mass is 9.92. The van der Waals surface area contributed by atoms with Gasteiger partial charge in [-0.25, -0.2) is 8.42 Å². The summed E-state index contributed by atoms with van der Waals surface area (Å²) in [5.41, 5.74) is 2.87. The van der Waals surface area contributed by atoms with Crippen LogP contribution in [-0.4, -0.2) is 30.2 Å². The highest BCUT2D eigenvalue weighted by atomic mass is 32.2. The van der Waals surface area contributed by atoms with Gasteiger partial charge in [-0.05, 0) is 62.4 Å². The van der Waals surface area contributed by atoms with Gasteiger partial charge in [0.1, 0.15) is 5.56 Å². The smallest absolute Gasteiger partial charge is 0.277 e. The largest absolute Gasteiger partial charge is 0.302 e. The molecule has 0 bridgehead atoms. The number of nitrogens with zero attached hydrogens (tertiary/aromatic N) is 1. The first-order valence-corrected chi connectivity index (χ1v) is 11.1. The number of allylic oxidation sites excluding steroid dienone is 2. The number of aromatic amines is 1. The SMILES string of the molecule is CC(C)=C(C)c1c(S(C)(=O)=O)ccc(C(=O)c2c[nH]n(CC(C)C)c2=O)c1C. The highest BCUT2D eigenvalue weighted by Crippen LogP contribution is 2.31. The summed E-state index contributed by atoms with van der Waals surface area (Å²) in [4.78, 5) is 25.9. The molecule has 0 unspecified atom stereocenters. The molecule has 1 aromatic heterocycles. The van der Waals surface area contributed by atoms with Crippen LogP contribution in [0.25, 0.3) is 5.57 Å². The molecule has 0 fully saturated rings. The molecule has 1 heterocycles. The van der Waals surface area contributed by atoms with E-state index in [4.69, 9.17) is 0 Å². The number of hydrogen-bond donors (Lipinski definition) is 1. The molecule has 0 atom stereocenters. The third kappa shape index (κ3) is 4.19. The zero-order chi connectivity index (χ0) is 21.4. The minimum atomic E-state index is -3.48. The van der Waals surface area contributed by atoms with E-state index < -0.39 is 15.6 Å². The molecule has 1 N–H and O–H groups in total. The number of rotatable bonds is 6. The zero-order valence-corrected chi connectivity index (χ0v) is 18.3. The number of benzene rings is 1. The molecule has 6 nitrogen and oxygen atoms in total. The fourth-order valence-corrected chi connectivity index (χ4v) is 4.17. The monoisotopic (exact) mass is 404 g/mol. The van der Waals surface area contributed by atoms with Gasteiger partial charge in [0.15, 0.2) is 15.6 Å². The summed E-state index contributed by atoms with van der Waals surface area (Å²) >= 11 is 0. The van der Waals surface area contributed by atoms with Crippen molar-refractivity contribution in [2.75, 3.05) is 6.26 Å². The van der Waals surface area contributed by atoms with Crippen LogP contribution in [0.3, 0.4) is 0 Å². The van der Waals surface area contributed by atoms with Gasteiger partial charge in [-0.3, -0.25) is 14.3 Å². The van der Waals surface area contributed by atoms with Crippen LogP contribution in [0.5, 0.6) is 0 Å². The van der Waals surface area contributed by atoms with Crippen LogP contribution in [-0.2, 0) is 16.4 Å². The van der Waals surface area contributed by atoms with Crippen molar-refractivity contribution in [2.24, 2.45) is 5.92 Å². The summed E-state index contributed by atoms with van der Waals surface area (Å²) in [5.74, 6) is -0.161. The van der Waals surface area contributed by atoms with Crippen molar-refractivity contribution < 1.29 is 13.2 Å². The number of carbonyl (C=O) groups is 1. The molecular formula is C21H28N2O4S. The molecule has 152 valence electrons. The molecule has 0 aliphatic heterocycles. The van der Waals surface area contributed by atoms with Crippen LogP contribution in [0.1, 0.15) is 61.7 Å². The Morgan fingerprint density at radius 2 is 1.75 bits per heavy atom. The number of nitrogens with one attached hydrogen (secondary N) is 1. The summed E-state index contributed by atoms with van der Waals surface area (Å²) in [6, 6.07) is 2.95. The number of hydrogen-bond acceptors (Lipinski definition) is 4. The van der Waals surface area contributed by atoms with Crippen molar-refractivity contribution in [1.82, 2.24) is 9.78 Å². The van der Waals surface area contributed by atoms with E-state index in [2.05, 4.69) is 5.10 Å². The third-order valence-corrected chi connectivity index (χ3v) is 5.97. The first kappa shape index (κ1) is 21.9. The lowest BCUT2D eigenvalue weighted by Crippen LogP contribution is -2.24. The van der Waals surface area contributed by atoms with Crippen molar-refractivity contribution in [2.45, 2.75) is 53.0 Å². The predicted octanol–water partition coefficient (Wildman–Crippen LogP) is 3.59. The average molecular weight is 405 g/mol. The van der Waals surface area contributed by atoms with Gasteiger partial charge in [-0.15, -0.1) is 0 Å². The van der Waals surface area contributed by atoms with Gasteiger partial charge in [0.2, 0.25) is 0 Å². The van der Waals surface area contributed by atoms with E-state index >= 15 is 0 Å². The van der Waals surface area contributed by atoms with Gasteiger partial charge in [0.05, 0.1) is 4.90 Å². The molecular weight excluding hydrogens is 376 g/mol. The molecule has 0 saturated heterocycles. The molecule has 1 aromatic carbocycles. The van der Waals surface area contributed by atoms with Gasteiger partial charge in [0.25, 0.3) is 5.56 Å². The number of carbonyl (C=O) groups excluding carboxylic acids is 1. The Balaban J connectivity index is 2.70. The first-order chi connectivity index (χ1) is 12.9. The second kappa shape index (κ2) is 7.91. The molecule has 0 aliphatic rings. The molecule has 2 aromatic rings. The van der Waals surface area contributed by atoms with Crippen LogP contribution in [0.15, 0.2) is 33.6 Å². The lowest BCUT2D eigenvalue weighted by molar-refractivity contribution is 0.103. The summed E-state index contributed by atoms with van der Waals surface area (Å²) < 4.78 is 26.0. The lowest BCUT2D eigenvalue weighted by Gasteiger charge is -2.16. The number of H-pyrrole nitrogens is 1. The molecule has 0 aliphatic carbocycles. The van der Waals surface area contributed by atoms with Crippen LogP contribution in [0, 0.1) is 12.8 Å². The van der Waals surface area contributed by atoms with Crippen molar-refractivity contribution in [3.05, 3.63) is 56.5 Å². The molecule has 28 heavy (non-hydrogen) atoms. The van der Waals surface area contributed by atoms with Gasteiger partial charge in [0, 0.05) is 24.6 Å². The van der Waals surface area contributed by atoms with E-state index in [1.807, 2.05) is 34.6 Å². The Morgan fingerprint density at radius 3 is 2.25 bits per heavy atom. The Labute approximate surface area is 166 Å². The van der Waals surface area contributed by atoms with Crippen molar-refractivity contribution >= 4 is 21.2 Å². The Bertz CT molecular complexity index is 1110. The second-order valence-corrected chi connectivity index (χ2v) is 9.82. The summed E-state index contributed by atoms with van der Waals surface area (Å²) in [7, 11) is -3.48. The van der Waals surface area contributed by atoms with Gasteiger partial charge in [-0.2, -0.15) is 0 Å². The van der Waals surface area contributed by atoms with Crippen LogP contribution < -0.4 is 5.56 Å². The summed E-state index contributed by atoms with van der Waals surface area (Å²) in [5, 5.41) is 2.84. The van der Waals surface area contributed by atoms with E-state index in [1.165, 1.54) is 23.0 Å². The molecule has 2 rings (SSSR count). The summed E-state index contributed by atoms with van der Waals surface area (Å²) in [6.45, 7) is 11.8. The average Bonchev–Trinajstić information content (AvgIpc) is 2.92. The highest BCUT2D eigenvalue weighted by molar-refractivity contribution is 7.90.